The first kappa shape index (κ1) is 14.7. The Morgan fingerprint density at radius 3 is 2.65 bits per heavy atom. The van der Waals surface area contributed by atoms with Gasteiger partial charge in [-0.1, -0.05) is 0 Å². The molecule has 0 radical (unpaired) electrons. The van der Waals surface area contributed by atoms with Crippen molar-refractivity contribution in [3.05, 3.63) is 17.8 Å². The highest BCUT2D eigenvalue weighted by Crippen LogP contribution is 2.21. The van der Waals surface area contributed by atoms with Gasteiger partial charge in [0, 0.05) is 32.2 Å². The lowest BCUT2D eigenvalue weighted by atomic mass is 10.1. The summed E-state index contributed by atoms with van der Waals surface area (Å²) in [5.74, 6) is 0.641. The van der Waals surface area contributed by atoms with E-state index in [1.807, 2.05) is 18.0 Å². The van der Waals surface area contributed by atoms with E-state index < -0.39 is 10.0 Å². The van der Waals surface area contributed by atoms with Crippen LogP contribution in [0.3, 0.4) is 0 Å². The van der Waals surface area contributed by atoms with Crippen molar-refractivity contribution < 1.29 is 8.42 Å². The van der Waals surface area contributed by atoms with E-state index in [0.29, 0.717) is 24.5 Å². The Balaban J connectivity index is 2.05. The zero-order valence-electron chi connectivity index (χ0n) is 11.5. The third-order valence-corrected chi connectivity index (χ3v) is 4.88. The first-order valence-electron chi connectivity index (χ1n) is 6.32. The highest BCUT2D eigenvalue weighted by atomic mass is 32.2. The molecule has 8 heteroatoms. The third kappa shape index (κ3) is 3.23. The highest BCUT2D eigenvalue weighted by Gasteiger charge is 2.27. The Kier molecular flexibility index (Phi) is 4.20. The van der Waals surface area contributed by atoms with Crippen LogP contribution < -0.4 is 4.90 Å². The lowest BCUT2D eigenvalue weighted by Crippen LogP contribution is -2.45. The summed E-state index contributed by atoms with van der Waals surface area (Å²) in [6.07, 6.45) is 4.13. The molecule has 1 aromatic heterocycles. The van der Waals surface area contributed by atoms with E-state index in [1.165, 1.54) is 16.8 Å². The fourth-order valence-electron chi connectivity index (χ4n) is 2.34. The molecule has 1 aliphatic heterocycles. The summed E-state index contributed by atoms with van der Waals surface area (Å²) in [5, 5.41) is 16.7. The predicted octanol–water partition coefficient (Wildman–Crippen LogP) is 0.208. The first-order chi connectivity index (χ1) is 9.41. The summed E-state index contributed by atoms with van der Waals surface area (Å²) in [6.45, 7) is 1.03. The van der Waals surface area contributed by atoms with Crippen LogP contribution in [0, 0.1) is 11.3 Å². The molecule has 2 heterocycles. The molecule has 0 atom stereocenters. The summed E-state index contributed by atoms with van der Waals surface area (Å²) in [5.41, 5.74) is 0.468. The van der Waals surface area contributed by atoms with Crippen LogP contribution in [0.2, 0.25) is 0 Å². The van der Waals surface area contributed by atoms with Crippen molar-refractivity contribution in [1.82, 2.24) is 14.5 Å². The molecule has 0 bridgehead atoms. The molecule has 20 heavy (non-hydrogen) atoms. The van der Waals surface area contributed by atoms with Crippen LogP contribution in [0.15, 0.2) is 12.3 Å². The second-order valence-corrected chi connectivity index (χ2v) is 6.90. The van der Waals surface area contributed by atoms with Gasteiger partial charge in [-0.15, -0.1) is 5.10 Å². The minimum atomic E-state index is -3.11. The molecule has 1 aromatic rings. The number of hydrogen-bond acceptors (Lipinski definition) is 6. The minimum Gasteiger partial charge on any atom is -0.355 e. The van der Waals surface area contributed by atoms with Crippen LogP contribution in [0.4, 0.5) is 5.82 Å². The number of rotatable bonds is 3. The Morgan fingerprint density at radius 2 is 2.10 bits per heavy atom. The van der Waals surface area contributed by atoms with E-state index >= 15 is 0 Å². The number of hydrogen-bond donors (Lipinski definition) is 0. The van der Waals surface area contributed by atoms with Gasteiger partial charge in [0.25, 0.3) is 0 Å². The van der Waals surface area contributed by atoms with Crippen molar-refractivity contribution in [3.8, 4) is 6.07 Å². The van der Waals surface area contributed by atoms with E-state index in [1.54, 1.807) is 6.07 Å². The normalized spacial score (nSPS) is 17.6. The summed E-state index contributed by atoms with van der Waals surface area (Å²) in [7, 11) is -1.21. The van der Waals surface area contributed by atoms with Gasteiger partial charge >= 0.3 is 0 Å². The monoisotopic (exact) mass is 295 g/mol. The van der Waals surface area contributed by atoms with Gasteiger partial charge in [0.05, 0.1) is 18.0 Å². The van der Waals surface area contributed by atoms with Crippen molar-refractivity contribution in [2.24, 2.45) is 0 Å². The number of aromatic nitrogens is 2. The summed E-state index contributed by atoms with van der Waals surface area (Å²) >= 11 is 0. The van der Waals surface area contributed by atoms with Crippen LogP contribution in [0.5, 0.6) is 0 Å². The fourth-order valence-corrected chi connectivity index (χ4v) is 3.21. The van der Waals surface area contributed by atoms with Crippen LogP contribution >= 0.6 is 0 Å². The molecular formula is C12H17N5O2S. The van der Waals surface area contributed by atoms with Crippen molar-refractivity contribution in [2.45, 2.75) is 18.9 Å². The van der Waals surface area contributed by atoms with Gasteiger partial charge in [-0.05, 0) is 12.8 Å². The first-order valence-corrected chi connectivity index (χ1v) is 8.17. The fraction of sp³-hybridized carbons (Fsp3) is 0.583. The number of sulfonamides is 1. The quantitative estimate of drug-likeness (QED) is 0.791. The summed E-state index contributed by atoms with van der Waals surface area (Å²) < 4.78 is 24.4. The van der Waals surface area contributed by atoms with Crippen LogP contribution in [0.25, 0.3) is 0 Å². The molecule has 0 aliphatic carbocycles. The molecule has 1 fully saturated rings. The summed E-state index contributed by atoms with van der Waals surface area (Å²) in [4.78, 5) is 1.97. The molecule has 108 valence electrons. The van der Waals surface area contributed by atoms with Crippen molar-refractivity contribution in [2.75, 3.05) is 31.3 Å². The predicted molar refractivity (Wildman–Crippen MR) is 74.6 cm³/mol. The molecule has 0 spiro atoms. The Bertz CT molecular complexity index is 617. The van der Waals surface area contributed by atoms with Gasteiger partial charge in [-0.3, -0.25) is 0 Å². The number of nitriles is 1. The largest absolute Gasteiger partial charge is 0.355 e. The maximum Gasteiger partial charge on any atom is 0.211 e. The van der Waals surface area contributed by atoms with E-state index in [2.05, 4.69) is 10.2 Å². The van der Waals surface area contributed by atoms with Crippen LogP contribution in [-0.4, -0.2) is 55.4 Å². The Labute approximate surface area is 118 Å². The molecule has 0 unspecified atom stereocenters. The smallest absolute Gasteiger partial charge is 0.211 e. The van der Waals surface area contributed by atoms with Gasteiger partial charge in [0.1, 0.15) is 6.07 Å². The number of nitrogens with zero attached hydrogens (tertiary/aromatic N) is 5. The van der Waals surface area contributed by atoms with E-state index in [-0.39, 0.29) is 6.04 Å². The molecule has 1 aliphatic rings. The maximum atomic E-state index is 11.5. The van der Waals surface area contributed by atoms with E-state index in [0.717, 1.165) is 12.8 Å². The molecule has 1 saturated heterocycles. The van der Waals surface area contributed by atoms with Crippen LogP contribution in [-0.2, 0) is 10.0 Å². The number of piperidine rings is 1. The maximum absolute atomic E-state index is 11.5. The SMILES string of the molecule is CN(c1cc(C#N)cnn1)C1CCN(S(C)(=O)=O)CC1. The number of anilines is 1. The van der Waals surface area contributed by atoms with Crippen molar-refractivity contribution in [1.29, 1.82) is 5.26 Å². The highest BCUT2D eigenvalue weighted by molar-refractivity contribution is 7.88. The molecule has 2 rings (SSSR count). The molecule has 0 aromatic carbocycles. The Hall–Kier alpha value is -1.72. The van der Waals surface area contributed by atoms with Gasteiger partial charge < -0.3 is 4.90 Å². The van der Waals surface area contributed by atoms with E-state index in [4.69, 9.17) is 5.26 Å². The molecule has 0 amide bonds. The zero-order chi connectivity index (χ0) is 14.8. The Morgan fingerprint density at radius 1 is 1.45 bits per heavy atom. The standard InChI is InChI=1S/C12H17N5O2S/c1-16(12-7-10(8-13)9-14-15-12)11-3-5-17(6-4-11)20(2,18)19/h7,9,11H,3-6H2,1-2H3. The van der Waals surface area contributed by atoms with Gasteiger partial charge in [-0.2, -0.15) is 10.4 Å². The van der Waals surface area contributed by atoms with Crippen LogP contribution in [0.1, 0.15) is 18.4 Å². The van der Waals surface area contributed by atoms with Crippen molar-refractivity contribution in [3.63, 3.8) is 0 Å². The molecule has 0 N–H and O–H groups in total. The van der Waals surface area contributed by atoms with E-state index in [9.17, 15) is 8.42 Å². The van der Waals surface area contributed by atoms with Gasteiger partial charge in [-0.25, -0.2) is 12.7 Å². The van der Waals surface area contributed by atoms with Gasteiger partial charge in [0.15, 0.2) is 5.82 Å². The minimum absolute atomic E-state index is 0.205. The third-order valence-electron chi connectivity index (χ3n) is 3.57. The molecule has 7 nitrogen and oxygen atoms in total. The zero-order valence-corrected chi connectivity index (χ0v) is 12.3. The molecule has 0 saturated carbocycles. The lowest BCUT2D eigenvalue weighted by Gasteiger charge is -2.35. The average Bonchev–Trinajstić information content (AvgIpc) is 2.46. The second-order valence-electron chi connectivity index (χ2n) is 4.92. The van der Waals surface area contributed by atoms with Gasteiger partial charge in [0.2, 0.25) is 10.0 Å². The topological polar surface area (TPSA) is 90.2 Å². The lowest BCUT2D eigenvalue weighted by molar-refractivity contribution is 0.316. The molecular weight excluding hydrogens is 278 g/mol. The summed E-state index contributed by atoms with van der Waals surface area (Å²) in [6, 6.07) is 3.93. The second kappa shape index (κ2) is 5.73. The average molecular weight is 295 g/mol. The van der Waals surface area contributed by atoms with Crippen molar-refractivity contribution >= 4 is 15.8 Å².